The molecule has 1 saturated carbocycles. The van der Waals surface area contributed by atoms with Crippen molar-refractivity contribution >= 4 is 27.9 Å². The number of amides is 1. The molecule has 1 aromatic rings. The molecule has 1 fully saturated rings. The van der Waals surface area contributed by atoms with Crippen LogP contribution in [0.1, 0.15) is 42.3 Å². The molecule has 0 aliphatic heterocycles. The number of hydrogen-bond acceptors (Lipinski definition) is 5. The summed E-state index contributed by atoms with van der Waals surface area (Å²) >= 11 is 1.41. The number of nitrogen functional groups attached to an aromatic ring is 1. The summed E-state index contributed by atoms with van der Waals surface area (Å²) in [5.41, 5.74) is 6.47. The van der Waals surface area contributed by atoms with Crippen LogP contribution in [0.25, 0.3) is 0 Å². The van der Waals surface area contributed by atoms with Gasteiger partial charge in [0.25, 0.3) is 5.91 Å². The zero-order chi connectivity index (χ0) is 14.5. The van der Waals surface area contributed by atoms with Crippen LogP contribution >= 0.6 is 11.3 Å². The van der Waals surface area contributed by atoms with E-state index in [2.05, 4.69) is 10.6 Å². The fraction of sp³-hybridized carbons (Fsp3) is 0.643. The van der Waals surface area contributed by atoms with Gasteiger partial charge in [-0.2, -0.15) is 0 Å². The lowest BCUT2D eigenvalue weighted by Gasteiger charge is -2.19. The molecule has 0 bridgehead atoms. The molecular weight excluding hydrogens is 274 g/mol. The summed E-state index contributed by atoms with van der Waals surface area (Å²) in [7, 11) is 1.75. The topological polar surface area (TPSA) is 76.4 Å². The lowest BCUT2D eigenvalue weighted by atomic mass is 10.2. The molecule has 0 aromatic carbocycles. The van der Waals surface area contributed by atoms with Gasteiger partial charge in [-0.05, 0) is 31.7 Å². The molecule has 1 heterocycles. The highest BCUT2D eigenvalue weighted by Crippen LogP contribution is 2.32. The van der Waals surface area contributed by atoms with Gasteiger partial charge in [0.05, 0.1) is 22.8 Å². The SMILES string of the molecule is CCCNC(=O)c1sc(NC2CCCC2OC)cc1N. The lowest BCUT2D eigenvalue weighted by molar-refractivity contribution is 0.0958. The number of thiophene rings is 1. The van der Waals surface area contributed by atoms with Crippen molar-refractivity contribution in [1.82, 2.24) is 5.32 Å². The first kappa shape index (κ1) is 15.1. The van der Waals surface area contributed by atoms with E-state index in [1.807, 2.05) is 13.0 Å². The molecule has 1 amide bonds. The van der Waals surface area contributed by atoms with Crippen molar-refractivity contribution in [3.63, 3.8) is 0 Å². The smallest absolute Gasteiger partial charge is 0.263 e. The van der Waals surface area contributed by atoms with Crippen LogP contribution in [-0.2, 0) is 4.74 Å². The van der Waals surface area contributed by atoms with Gasteiger partial charge in [0, 0.05) is 13.7 Å². The molecule has 4 N–H and O–H groups in total. The van der Waals surface area contributed by atoms with E-state index in [1.54, 1.807) is 7.11 Å². The largest absolute Gasteiger partial charge is 0.397 e. The van der Waals surface area contributed by atoms with E-state index in [1.165, 1.54) is 17.8 Å². The van der Waals surface area contributed by atoms with E-state index >= 15 is 0 Å². The number of nitrogens with one attached hydrogen (secondary N) is 2. The Balaban J connectivity index is 2.01. The van der Waals surface area contributed by atoms with Crippen LogP contribution in [0.3, 0.4) is 0 Å². The van der Waals surface area contributed by atoms with Gasteiger partial charge in [0.1, 0.15) is 4.88 Å². The van der Waals surface area contributed by atoms with Crippen LogP contribution in [0.15, 0.2) is 6.07 Å². The van der Waals surface area contributed by atoms with E-state index < -0.39 is 0 Å². The molecule has 1 aliphatic rings. The Hall–Kier alpha value is -1.27. The molecular formula is C14H23N3O2S. The van der Waals surface area contributed by atoms with Gasteiger partial charge in [-0.15, -0.1) is 11.3 Å². The second kappa shape index (κ2) is 6.95. The summed E-state index contributed by atoms with van der Waals surface area (Å²) in [6.45, 7) is 2.70. The number of nitrogens with two attached hydrogens (primary N) is 1. The van der Waals surface area contributed by atoms with Crippen molar-refractivity contribution in [2.24, 2.45) is 0 Å². The zero-order valence-corrected chi connectivity index (χ0v) is 12.9. The zero-order valence-electron chi connectivity index (χ0n) is 12.1. The molecule has 5 nitrogen and oxygen atoms in total. The Morgan fingerprint density at radius 2 is 2.35 bits per heavy atom. The normalized spacial score (nSPS) is 21.9. The van der Waals surface area contributed by atoms with Crippen LogP contribution in [0, 0.1) is 0 Å². The Kier molecular flexibility index (Phi) is 5.25. The summed E-state index contributed by atoms with van der Waals surface area (Å²) in [4.78, 5) is 12.6. The van der Waals surface area contributed by atoms with E-state index in [9.17, 15) is 4.79 Å². The number of rotatable bonds is 6. The standard InChI is InChI=1S/C14H23N3O2S/c1-3-7-16-14(18)13-9(15)8-12(20-13)17-10-5-4-6-11(10)19-2/h8,10-11,17H,3-7,15H2,1-2H3,(H,16,18). The number of hydrogen-bond donors (Lipinski definition) is 3. The van der Waals surface area contributed by atoms with Crippen molar-refractivity contribution < 1.29 is 9.53 Å². The molecule has 6 heteroatoms. The van der Waals surface area contributed by atoms with E-state index in [0.29, 0.717) is 23.2 Å². The monoisotopic (exact) mass is 297 g/mol. The maximum atomic E-state index is 12.0. The third-order valence-electron chi connectivity index (χ3n) is 3.59. The van der Waals surface area contributed by atoms with Crippen molar-refractivity contribution in [3.05, 3.63) is 10.9 Å². The Morgan fingerprint density at radius 3 is 3.05 bits per heavy atom. The molecule has 2 unspecified atom stereocenters. The second-order valence-corrected chi connectivity index (χ2v) is 6.16. The highest BCUT2D eigenvalue weighted by atomic mass is 32.1. The summed E-state index contributed by atoms with van der Waals surface area (Å²) in [6.07, 6.45) is 4.50. The summed E-state index contributed by atoms with van der Waals surface area (Å²) in [6, 6.07) is 2.15. The van der Waals surface area contributed by atoms with Crippen molar-refractivity contribution in [3.8, 4) is 0 Å². The molecule has 2 rings (SSSR count). The number of carbonyl (C=O) groups is 1. The quantitative estimate of drug-likeness (QED) is 0.754. The van der Waals surface area contributed by atoms with E-state index in [-0.39, 0.29) is 12.0 Å². The maximum Gasteiger partial charge on any atom is 0.263 e. The molecule has 20 heavy (non-hydrogen) atoms. The molecule has 2 atom stereocenters. The minimum atomic E-state index is -0.0860. The summed E-state index contributed by atoms with van der Waals surface area (Å²) in [5, 5.41) is 7.25. The van der Waals surface area contributed by atoms with Gasteiger partial charge >= 0.3 is 0 Å². The summed E-state index contributed by atoms with van der Waals surface area (Å²) in [5.74, 6) is -0.0860. The van der Waals surface area contributed by atoms with E-state index in [4.69, 9.17) is 10.5 Å². The van der Waals surface area contributed by atoms with Gasteiger partial charge < -0.3 is 21.1 Å². The number of carbonyl (C=O) groups excluding carboxylic acids is 1. The van der Waals surface area contributed by atoms with Gasteiger partial charge in [-0.3, -0.25) is 4.79 Å². The molecule has 0 saturated heterocycles. The highest BCUT2D eigenvalue weighted by Gasteiger charge is 2.27. The lowest BCUT2D eigenvalue weighted by Crippen LogP contribution is -2.29. The Bertz CT molecular complexity index is 461. The van der Waals surface area contributed by atoms with Crippen LogP contribution in [0.2, 0.25) is 0 Å². The number of methoxy groups -OCH3 is 1. The molecule has 0 radical (unpaired) electrons. The average molecular weight is 297 g/mol. The highest BCUT2D eigenvalue weighted by molar-refractivity contribution is 7.18. The first-order valence-electron chi connectivity index (χ1n) is 7.12. The minimum Gasteiger partial charge on any atom is -0.397 e. The Labute approximate surface area is 123 Å². The van der Waals surface area contributed by atoms with Gasteiger partial charge in [0.15, 0.2) is 0 Å². The molecule has 112 valence electrons. The van der Waals surface area contributed by atoms with Crippen LogP contribution in [-0.4, -0.2) is 31.7 Å². The fourth-order valence-electron chi connectivity index (χ4n) is 2.53. The minimum absolute atomic E-state index is 0.0860. The maximum absolute atomic E-state index is 12.0. The predicted molar refractivity (Wildman–Crippen MR) is 83.4 cm³/mol. The van der Waals surface area contributed by atoms with Crippen molar-refractivity contribution in [2.45, 2.75) is 44.8 Å². The van der Waals surface area contributed by atoms with E-state index in [0.717, 1.165) is 24.3 Å². The first-order chi connectivity index (χ1) is 9.65. The average Bonchev–Trinajstić information content (AvgIpc) is 3.02. The van der Waals surface area contributed by atoms with Gasteiger partial charge in [-0.1, -0.05) is 6.92 Å². The van der Waals surface area contributed by atoms with Gasteiger partial charge in [-0.25, -0.2) is 0 Å². The number of ether oxygens (including phenoxy) is 1. The van der Waals surface area contributed by atoms with Crippen molar-refractivity contribution in [2.75, 3.05) is 24.7 Å². The third kappa shape index (κ3) is 3.43. The summed E-state index contributed by atoms with van der Waals surface area (Å²) < 4.78 is 5.47. The molecule has 1 aliphatic carbocycles. The molecule has 0 spiro atoms. The van der Waals surface area contributed by atoms with Crippen molar-refractivity contribution in [1.29, 1.82) is 0 Å². The van der Waals surface area contributed by atoms with Gasteiger partial charge in [0.2, 0.25) is 0 Å². The Morgan fingerprint density at radius 1 is 1.55 bits per heavy atom. The third-order valence-corrected chi connectivity index (χ3v) is 4.67. The number of anilines is 2. The van der Waals surface area contributed by atoms with Crippen LogP contribution in [0.5, 0.6) is 0 Å². The van der Waals surface area contributed by atoms with Crippen LogP contribution < -0.4 is 16.4 Å². The molecule has 1 aromatic heterocycles. The fourth-order valence-corrected chi connectivity index (χ4v) is 3.49. The first-order valence-corrected chi connectivity index (χ1v) is 7.94. The predicted octanol–water partition coefficient (Wildman–Crippen LogP) is 2.45. The van der Waals surface area contributed by atoms with Crippen LogP contribution in [0.4, 0.5) is 10.7 Å². The second-order valence-electron chi connectivity index (χ2n) is 5.11.